The van der Waals surface area contributed by atoms with Crippen LogP contribution in [0.5, 0.6) is 0 Å². The van der Waals surface area contributed by atoms with Crippen LogP contribution in [0.15, 0.2) is 91.1 Å². The maximum absolute atomic E-state index is 12.7. The third-order valence-corrected chi connectivity index (χ3v) is 4.98. The van der Waals surface area contributed by atoms with E-state index in [0.717, 1.165) is 22.5 Å². The fourth-order valence-electron chi connectivity index (χ4n) is 3.42. The van der Waals surface area contributed by atoms with Gasteiger partial charge in [-0.15, -0.1) is 0 Å². The largest absolute Gasteiger partial charge is 0.366 e. The normalized spacial score (nSPS) is 10.6. The highest BCUT2D eigenvalue weighted by Gasteiger charge is 2.11. The van der Waals surface area contributed by atoms with Crippen molar-refractivity contribution in [2.45, 2.75) is 6.42 Å². The van der Waals surface area contributed by atoms with Crippen molar-refractivity contribution < 1.29 is 9.59 Å². The standard InChI is InChI=1S/C25H22N4O2/c26-24(30)20-9-4-6-18(16-20)12-14-27-25(31)21-10-5-11-22(17-21)29-23(13-15-28-29)19-7-2-1-3-8-19/h1-11,13,15-17H,12,14H2,(H2,26,30)(H,27,31). The molecule has 0 saturated carbocycles. The monoisotopic (exact) mass is 410 g/mol. The van der Waals surface area contributed by atoms with Crippen LogP contribution in [0.4, 0.5) is 0 Å². The van der Waals surface area contributed by atoms with Gasteiger partial charge in [0.2, 0.25) is 5.91 Å². The molecule has 0 aliphatic heterocycles. The summed E-state index contributed by atoms with van der Waals surface area (Å²) in [4.78, 5) is 24.0. The first kappa shape index (κ1) is 20.1. The van der Waals surface area contributed by atoms with Crippen LogP contribution in [-0.2, 0) is 6.42 Å². The van der Waals surface area contributed by atoms with Crippen molar-refractivity contribution in [1.29, 1.82) is 0 Å². The van der Waals surface area contributed by atoms with Crippen LogP contribution >= 0.6 is 0 Å². The molecule has 4 aromatic rings. The van der Waals surface area contributed by atoms with Gasteiger partial charge in [-0.1, -0.05) is 48.5 Å². The van der Waals surface area contributed by atoms with Crippen LogP contribution in [-0.4, -0.2) is 28.1 Å². The predicted octanol–water partition coefficient (Wildman–Crippen LogP) is 3.61. The molecule has 0 aliphatic rings. The number of carbonyl (C=O) groups is 2. The Morgan fingerprint density at radius 1 is 0.871 bits per heavy atom. The van der Waals surface area contributed by atoms with Crippen molar-refractivity contribution in [3.63, 3.8) is 0 Å². The summed E-state index contributed by atoms with van der Waals surface area (Å²) in [6.45, 7) is 0.447. The van der Waals surface area contributed by atoms with Crippen molar-refractivity contribution in [3.8, 4) is 16.9 Å². The van der Waals surface area contributed by atoms with Crippen molar-refractivity contribution in [2.75, 3.05) is 6.54 Å². The number of hydrogen-bond donors (Lipinski definition) is 2. The third kappa shape index (κ3) is 4.70. The molecule has 0 saturated heterocycles. The number of nitrogens with zero attached hydrogens (tertiary/aromatic N) is 2. The zero-order chi connectivity index (χ0) is 21.6. The van der Waals surface area contributed by atoms with Crippen LogP contribution in [0.1, 0.15) is 26.3 Å². The average Bonchev–Trinajstić information content (AvgIpc) is 3.30. The Balaban J connectivity index is 1.46. The van der Waals surface area contributed by atoms with Gasteiger partial charge in [0.05, 0.1) is 17.6 Å². The molecule has 4 rings (SSSR count). The second kappa shape index (κ2) is 9.09. The minimum atomic E-state index is -0.462. The molecule has 0 atom stereocenters. The molecular weight excluding hydrogens is 388 g/mol. The smallest absolute Gasteiger partial charge is 0.251 e. The average molecular weight is 410 g/mol. The maximum Gasteiger partial charge on any atom is 0.251 e. The predicted molar refractivity (Wildman–Crippen MR) is 120 cm³/mol. The van der Waals surface area contributed by atoms with Gasteiger partial charge in [-0.05, 0) is 48.4 Å². The van der Waals surface area contributed by atoms with E-state index in [2.05, 4.69) is 10.4 Å². The molecular formula is C25H22N4O2. The number of carbonyl (C=O) groups excluding carboxylic acids is 2. The topological polar surface area (TPSA) is 90.0 Å². The van der Waals surface area contributed by atoms with Gasteiger partial charge in [0.15, 0.2) is 0 Å². The first-order chi connectivity index (χ1) is 15.1. The quantitative estimate of drug-likeness (QED) is 0.488. The van der Waals surface area contributed by atoms with Crippen molar-refractivity contribution >= 4 is 11.8 Å². The zero-order valence-electron chi connectivity index (χ0n) is 16.9. The number of benzene rings is 3. The number of primary amides is 1. The van der Waals surface area contributed by atoms with E-state index >= 15 is 0 Å². The first-order valence-electron chi connectivity index (χ1n) is 9.98. The molecule has 0 unspecified atom stereocenters. The van der Waals surface area contributed by atoms with Gasteiger partial charge < -0.3 is 11.1 Å². The number of amides is 2. The molecule has 31 heavy (non-hydrogen) atoms. The zero-order valence-corrected chi connectivity index (χ0v) is 16.9. The number of rotatable bonds is 7. The van der Waals surface area contributed by atoms with Crippen molar-refractivity contribution in [2.24, 2.45) is 5.73 Å². The van der Waals surface area contributed by atoms with E-state index in [1.807, 2.05) is 65.3 Å². The van der Waals surface area contributed by atoms with Crippen LogP contribution in [0, 0.1) is 0 Å². The molecule has 154 valence electrons. The Morgan fingerprint density at radius 2 is 1.65 bits per heavy atom. The maximum atomic E-state index is 12.7. The first-order valence-corrected chi connectivity index (χ1v) is 9.98. The minimum Gasteiger partial charge on any atom is -0.366 e. The summed E-state index contributed by atoms with van der Waals surface area (Å²) in [5.74, 6) is -0.627. The molecule has 0 radical (unpaired) electrons. The van der Waals surface area contributed by atoms with E-state index in [1.165, 1.54) is 0 Å². The number of nitrogens with one attached hydrogen (secondary N) is 1. The molecule has 1 heterocycles. The van der Waals surface area contributed by atoms with E-state index in [1.54, 1.807) is 30.5 Å². The third-order valence-electron chi connectivity index (χ3n) is 4.98. The summed E-state index contributed by atoms with van der Waals surface area (Å²) >= 11 is 0. The van der Waals surface area contributed by atoms with Gasteiger partial charge in [-0.2, -0.15) is 5.10 Å². The van der Waals surface area contributed by atoms with E-state index in [9.17, 15) is 9.59 Å². The molecule has 3 N–H and O–H groups in total. The molecule has 0 spiro atoms. The Morgan fingerprint density at radius 3 is 2.45 bits per heavy atom. The lowest BCUT2D eigenvalue weighted by molar-refractivity contribution is 0.0952. The molecule has 0 bridgehead atoms. The summed E-state index contributed by atoms with van der Waals surface area (Å²) in [6, 6.07) is 26.4. The lowest BCUT2D eigenvalue weighted by Gasteiger charge is -2.10. The molecule has 6 heteroatoms. The Bertz CT molecular complexity index is 1210. The number of hydrogen-bond acceptors (Lipinski definition) is 3. The van der Waals surface area contributed by atoms with E-state index in [4.69, 9.17) is 5.73 Å². The highest BCUT2D eigenvalue weighted by molar-refractivity contribution is 5.95. The van der Waals surface area contributed by atoms with Crippen LogP contribution < -0.4 is 11.1 Å². The van der Waals surface area contributed by atoms with Gasteiger partial charge in [0, 0.05) is 23.2 Å². The van der Waals surface area contributed by atoms with Gasteiger partial charge >= 0.3 is 0 Å². The number of nitrogens with two attached hydrogens (primary N) is 1. The van der Waals surface area contributed by atoms with E-state index < -0.39 is 5.91 Å². The van der Waals surface area contributed by atoms with Crippen molar-refractivity contribution in [3.05, 3.63) is 108 Å². The van der Waals surface area contributed by atoms with Gasteiger partial charge in [-0.25, -0.2) is 4.68 Å². The highest BCUT2D eigenvalue weighted by Crippen LogP contribution is 2.22. The van der Waals surface area contributed by atoms with Gasteiger partial charge in [0.1, 0.15) is 0 Å². The Labute approximate surface area is 180 Å². The molecule has 1 aromatic heterocycles. The molecule has 2 amide bonds. The fraction of sp³-hybridized carbons (Fsp3) is 0.0800. The van der Waals surface area contributed by atoms with Gasteiger partial charge in [0.25, 0.3) is 5.91 Å². The summed E-state index contributed by atoms with van der Waals surface area (Å²) in [7, 11) is 0. The van der Waals surface area contributed by atoms with Crippen molar-refractivity contribution in [1.82, 2.24) is 15.1 Å². The van der Waals surface area contributed by atoms with E-state index in [-0.39, 0.29) is 5.91 Å². The van der Waals surface area contributed by atoms with Crippen LogP contribution in [0.25, 0.3) is 16.9 Å². The Hall–Kier alpha value is -4.19. The number of aromatic nitrogens is 2. The lowest BCUT2D eigenvalue weighted by Crippen LogP contribution is -2.26. The van der Waals surface area contributed by atoms with Crippen LogP contribution in [0.2, 0.25) is 0 Å². The summed E-state index contributed by atoms with van der Waals surface area (Å²) < 4.78 is 1.82. The molecule has 0 fully saturated rings. The fourth-order valence-corrected chi connectivity index (χ4v) is 3.42. The molecule has 6 nitrogen and oxygen atoms in total. The van der Waals surface area contributed by atoms with Crippen LogP contribution in [0.3, 0.4) is 0 Å². The Kier molecular flexibility index (Phi) is 5.89. The molecule has 3 aromatic carbocycles. The summed E-state index contributed by atoms with van der Waals surface area (Å²) in [5.41, 5.74) is 10.1. The summed E-state index contributed by atoms with van der Waals surface area (Å²) in [6.07, 6.45) is 2.35. The van der Waals surface area contributed by atoms with Gasteiger partial charge in [-0.3, -0.25) is 9.59 Å². The lowest BCUT2D eigenvalue weighted by atomic mass is 10.1. The second-order valence-electron chi connectivity index (χ2n) is 7.12. The summed E-state index contributed by atoms with van der Waals surface area (Å²) in [5, 5.41) is 7.36. The van der Waals surface area contributed by atoms with E-state index in [0.29, 0.717) is 24.1 Å². The molecule has 0 aliphatic carbocycles. The highest BCUT2D eigenvalue weighted by atomic mass is 16.2. The minimum absolute atomic E-state index is 0.165. The SMILES string of the molecule is NC(=O)c1cccc(CCNC(=O)c2cccc(-n3nccc3-c3ccccc3)c2)c1. The second-order valence-corrected chi connectivity index (χ2v) is 7.12.